The number of hydrogen-bond acceptors (Lipinski definition) is 2. The number of methoxy groups -OCH3 is 1. The molecule has 1 saturated heterocycles. The maximum absolute atomic E-state index is 11.9. The fourth-order valence-electron chi connectivity index (χ4n) is 1.90. The molecule has 1 aliphatic heterocycles. The number of alkyl halides is 1. The van der Waals surface area contributed by atoms with Gasteiger partial charge in [0, 0.05) is 23.8 Å². The zero-order valence-electron chi connectivity index (χ0n) is 9.45. The van der Waals surface area contributed by atoms with Crippen molar-refractivity contribution in [2.75, 3.05) is 18.6 Å². The van der Waals surface area contributed by atoms with E-state index in [0.29, 0.717) is 6.61 Å². The number of rotatable bonds is 3. The second-order valence-electron chi connectivity index (χ2n) is 3.95. The van der Waals surface area contributed by atoms with Crippen LogP contribution in [0.3, 0.4) is 0 Å². The lowest BCUT2D eigenvalue weighted by Gasteiger charge is -2.17. The van der Waals surface area contributed by atoms with Gasteiger partial charge in [-0.2, -0.15) is 0 Å². The van der Waals surface area contributed by atoms with Crippen LogP contribution in [0.25, 0.3) is 0 Å². The van der Waals surface area contributed by atoms with Crippen molar-refractivity contribution in [3.63, 3.8) is 0 Å². The fourth-order valence-corrected chi connectivity index (χ4v) is 2.71. The molecule has 0 aliphatic carbocycles. The Kier molecular flexibility index (Phi) is 4.22. The molecular weight excluding hydrogens is 350 g/mol. The molecular formula is C12H13Br2NO2. The molecule has 0 spiro atoms. The van der Waals surface area contributed by atoms with Crippen LogP contribution in [0.15, 0.2) is 22.7 Å². The SMILES string of the molecule is COCc1cc(N2CCC(Br)C2=O)ccc1Br. The van der Waals surface area contributed by atoms with E-state index in [9.17, 15) is 4.79 Å². The van der Waals surface area contributed by atoms with E-state index >= 15 is 0 Å². The Bertz CT molecular complexity index is 437. The maximum Gasteiger partial charge on any atom is 0.240 e. The van der Waals surface area contributed by atoms with Gasteiger partial charge in [-0.3, -0.25) is 4.79 Å². The smallest absolute Gasteiger partial charge is 0.240 e. The average molecular weight is 363 g/mol. The molecule has 1 aromatic carbocycles. The number of benzene rings is 1. The molecule has 1 amide bonds. The highest BCUT2D eigenvalue weighted by atomic mass is 79.9. The second-order valence-corrected chi connectivity index (χ2v) is 5.91. The topological polar surface area (TPSA) is 29.5 Å². The van der Waals surface area contributed by atoms with Crippen molar-refractivity contribution in [2.24, 2.45) is 0 Å². The largest absolute Gasteiger partial charge is 0.380 e. The quantitative estimate of drug-likeness (QED) is 0.773. The zero-order chi connectivity index (χ0) is 12.4. The first-order valence-electron chi connectivity index (χ1n) is 5.36. The molecule has 0 aromatic heterocycles. The first kappa shape index (κ1) is 13.1. The lowest BCUT2D eigenvalue weighted by atomic mass is 10.2. The Labute approximate surface area is 117 Å². The van der Waals surface area contributed by atoms with Gasteiger partial charge in [0.25, 0.3) is 0 Å². The normalized spacial score (nSPS) is 20.1. The van der Waals surface area contributed by atoms with Gasteiger partial charge >= 0.3 is 0 Å². The van der Waals surface area contributed by atoms with E-state index in [1.165, 1.54) is 0 Å². The van der Waals surface area contributed by atoms with Crippen molar-refractivity contribution in [3.05, 3.63) is 28.2 Å². The Hall–Kier alpha value is -0.390. The number of anilines is 1. The number of nitrogens with zero attached hydrogens (tertiary/aromatic N) is 1. The molecule has 17 heavy (non-hydrogen) atoms. The van der Waals surface area contributed by atoms with Crippen molar-refractivity contribution in [1.82, 2.24) is 0 Å². The van der Waals surface area contributed by atoms with Gasteiger partial charge in [-0.15, -0.1) is 0 Å². The standard InChI is InChI=1S/C12H13Br2NO2/c1-17-7-8-6-9(2-3-10(8)13)15-5-4-11(14)12(15)16/h2-3,6,11H,4-5,7H2,1H3. The summed E-state index contributed by atoms with van der Waals surface area (Å²) in [7, 11) is 1.66. The van der Waals surface area contributed by atoms with Crippen LogP contribution in [0.5, 0.6) is 0 Å². The Morgan fingerprint density at radius 1 is 1.53 bits per heavy atom. The van der Waals surface area contributed by atoms with Crippen LogP contribution in [-0.4, -0.2) is 24.4 Å². The lowest BCUT2D eigenvalue weighted by Crippen LogP contribution is -2.27. The first-order chi connectivity index (χ1) is 8.13. The molecule has 1 atom stereocenters. The van der Waals surface area contributed by atoms with Crippen molar-refractivity contribution in [1.29, 1.82) is 0 Å². The monoisotopic (exact) mass is 361 g/mol. The van der Waals surface area contributed by atoms with Gasteiger partial charge < -0.3 is 9.64 Å². The van der Waals surface area contributed by atoms with Crippen molar-refractivity contribution < 1.29 is 9.53 Å². The molecule has 1 aliphatic rings. The predicted octanol–water partition coefficient (Wildman–Crippen LogP) is 3.10. The third kappa shape index (κ3) is 2.72. The molecule has 1 fully saturated rings. The highest BCUT2D eigenvalue weighted by molar-refractivity contribution is 9.10. The van der Waals surface area contributed by atoms with Gasteiger partial charge in [-0.25, -0.2) is 0 Å². The highest BCUT2D eigenvalue weighted by Crippen LogP contribution is 2.29. The van der Waals surface area contributed by atoms with E-state index in [0.717, 1.165) is 28.7 Å². The van der Waals surface area contributed by atoms with Crippen LogP contribution in [-0.2, 0) is 16.1 Å². The van der Waals surface area contributed by atoms with E-state index in [2.05, 4.69) is 31.9 Å². The van der Waals surface area contributed by atoms with Gasteiger partial charge in [-0.05, 0) is 30.2 Å². The third-order valence-corrected chi connectivity index (χ3v) is 4.40. The molecule has 1 heterocycles. The van der Waals surface area contributed by atoms with Gasteiger partial charge in [0.15, 0.2) is 0 Å². The number of ether oxygens (including phenoxy) is 1. The van der Waals surface area contributed by atoms with Crippen molar-refractivity contribution in [2.45, 2.75) is 17.9 Å². The van der Waals surface area contributed by atoms with E-state index < -0.39 is 0 Å². The van der Waals surface area contributed by atoms with Gasteiger partial charge in [0.1, 0.15) is 0 Å². The molecule has 92 valence electrons. The van der Waals surface area contributed by atoms with Crippen LogP contribution < -0.4 is 4.90 Å². The van der Waals surface area contributed by atoms with Crippen LogP contribution in [0.1, 0.15) is 12.0 Å². The summed E-state index contributed by atoms with van der Waals surface area (Å²) < 4.78 is 6.14. The van der Waals surface area contributed by atoms with Gasteiger partial charge in [0.05, 0.1) is 11.4 Å². The van der Waals surface area contributed by atoms with E-state index in [4.69, 9.17) is 4.74 Å². The molecule has 5 heteroatoms. The third-order valence-electron chi connectivity index (χ3n) is 2.78. The molecule has 3 nitrogen and oxygen atoms in total. The zero-order valence-corrected chi connectivity index (χ0v) is 12.6. The summed E-state index contributed by atoms with van der Waals surface area (Å²) in [6.45, 7) is 1.30. The Balaban J connectivity index is 2.27. The fraction of sp³-hybridized carbons (Fsp3) is 0.417. The Morgan fingerprint density at radius 2 is 2.29 bits per heavy atom. The minimum absolute atomic E-state index is 0.0444. The summed E-state index contributed by atoms with van der Waals surface area (Å²) in [5.74, 6) is 0.135. The summed E-state index contributed by atoms with van der Waals surface area (Å²) in [6, 6.07) is 5.90. The molecule has 1 aromatic rings. The predicted molar refractivity (Wildman–Crippen MR) is 74.5 cm³/mol. The van der Waals surface area contributed by atoms with Crippen LogP contribution >= 0.6 is 31.9 Å². The number of hydrogen-bond donors (Lipinski definition) is 0. The van der Waals surface area contributed by atoms with Gasteiger partial charge in [0.2, 0.25) is 5.91 Å². The highest BCUT2D eigenvalue weighted by Gasteiger charge is 2.30. The number of carbonyl (C=O) groups excluding carboxylic acids is 1. The Morgan fingerprint density at radius 3 is 2.88 bits per heavy atom. The summed E-state index contributed by atoms with van der Waals surface area (Å²) in [6.07, 6.45) is 0.856. The van der Waals surface area contributed by atoms with E-state index in [-0.39, 0.29) is 10.7 Å². The minimum Gasteiger partial charge on any atom is -0.380 e. The number of amides is 1. The molecule has 0 radical (unpaired) electrons. The summed E-state index contributed by atoms with van der Waals surface area (Å²) in [5.41, 5.74) is 1.99. The average Bonchev–Trinajstić information content (AvgIpc) is 2.64. The van der Waals surface area contributed by atoms with Crippen LogP contribution in [0.2, 0.25) is 0 Å². The van der Waals surface area contributed by atoms with Crippen LogP contribution in [0.4, 0.5) is 5.69 Å². The molecule has 0 N–H and O–H groups in total. The molecule has 0 saturated carbocycles. The van der Waals surface area contributed by atoms with Gasteiger partial charge in [-0.1, -0.05) is 31.9 Å². The maximum atomic E-state index is 11.9. The summed E-state index contributed by atoms with van der Waals surface area (Å²) in [4.78, 5) is 13.7. The first-order valence-corrected chi connectivity index (χ1v) is 7.07. The van der Waals surface area contributed by atoms with E-state index in [1.54, 1.807) is 7.11 Å². The number of halogens is 2. The van der Waals surface area contributed by atoms with Crippen molar-refractivity contribution in [3.8, 4) is 0 Å². The van der Waals surface area contributed by atoms with Crippen molar-refractivity contribution >= 4 is 43.5 Å². The summed E-state index contributed by atoms with van der Waals surface area (Å²) >= 11 is 6.85. The van der Waals surface area contributed by atoms with Crippen LogP contribution in [0, 0.1) is 0 Å². The molecule has 2 rings (SSSR count). The van der Waals surface area contributed by atoms with E-state index in [1.807, 2.05) is 23.1 Å². The lowest BCUT2D eigenvalue weighted by molar-refractivity contribution is -0.116. The second kappa shape index (κ2) is 5.50. The number of carbonyl (C=O) groups is 1. The molecule has 1 unspecified atom stereocenters. The summed E-state index contributed by atoms with van der Waals surface area (Å²) in [5, 5.41) is 0. The minimum atomic E-state index is -0.0444. The molecule has 0 bridgehead atoms.